The van der Waals surface area contributed by atoms with Crippen molar-refractivity contribution in [1.82, 2.24) is 4.90 Å². The third-order valence-corrected chi connectivity index (χ3v) is 1.92. The lowest BCUT2D eigenvalue weighted by molar-refractivity contribution is -0.182. The first kappa shape index (κ1) is 17.5. The van der Waals surface area contributed by atoms with Crippen LogP contribution < -0.4 is 0 Å². The van der Waals surface area contributed by atoms with E-state index in [0.29, 0.717) is 4.90 Å². The van der Waals surface area contributed by atoms with Crippen molar-refractivity contribution < 1.29 is 35.9 Å². The normalized spacial score (nSPS) is 12.6. The minimum atomic E-state index is -4.62. The van der Waals surface area contributed by atoms with Gasteiger partial charge in [-0.25, -0.2) is 0 Å². The number of hydrogen-bond donors (Lipinski definition) is 0. The maximum atomic E-state index is 12.1. The minimum Gasteiger partial charge on any atom is -0.362 e. The van der Waals surface area contributed by atoms with Crippen LogP contribution in [0.25, 0.3) is 0 Å². The Morgan fingerprint density at radius 1 is 1.11 bits per heavy atom. The van der Waals surface area contributed by atoms with Gasteiger partial charge in [0.2, 0.25) is 5.91 Å². The molecule has 0 spiro atoms. The van der Waals surface area contributed by atoms with Crippen molar-refractivity contribution in [2.75, 3.05) is 31.6 Å². The molecule has 18 heavy (non-hydrogen) atoms. The number of nitrogens with zero attached hydrogens (tertiary/aromatic N) is 1. The fraction of sp³-hybridized carbons (Fsp3) is 0.875. The van der Waals surface area contributed by atoms with Crippen molar-refractivity contribution in [2.45, 2.75) is 12.4 Å². The second-order valence-corrected chi connectivity index (χ2v) is 4.02. The molecule has 0 aliphatic heterocycles. The average molecular weight is 346 g/mol. The highest BCUT2D eigenvalue weighted by Gasteiger charge is 2.33. The monoisotopic (exact) mass is 345 g/mol. The van der Waals surface area contributed by atoms with Gasteiger partial charge < -0.3 is 9.64 Å². The summed E-state index contributed by atoms with van der Waals surface area (Å²) in [6.07, 6.45) is -9.23. The fourth-order valence-corrected chi connectivity index (χ4v) is 1.38. The second kappa shape index (κ2) is 7.17. The first-order valence-electron chi connectivity index (χ1n) is 4.60. The van der Waals surface area contributed by atoms with Crippen LogP contribution in [0, 0.1) is 0 Å². The van der Waals surface area contributed by atoms with Gasteiger partial charge >= 0.3 is 12.4 Å². The number of rotatable bonds is 6. The Bertz CT molecular complexity index is 267. The quantitative estimate of drug-likeness (QED) is 0.546. The van der Waals surface area contributed by atoms with Crippen LogP contribution in [-0.2, 0) is 9.53 Å². The van der Waals surface area contributed by atoms with Crippen molar-refractivity contribution in [1.29, 1.82) is 0 Å². The summed E-state index contributed by atoms with van der Waals surface area (Å²) in [7, 11) is 0. The Hall–Kier alpha value is -0.510. The van der Waals surface area contributed by atoms with Crippen molar-refractivity contribution in [2.24, 2.45) is 0 Å². The Kier molecular flexibility index (Phi) is 6.97. The van der Waals surface area contributed by atoms with Gasteiger partial charge in [-0.15, -0.1) is 0 Å². The molecule has 0 unspecified atom stereocenters. The molecule has 0 rings (SSSR count). The van der Waals surface area contributed by atoms with Crippen LogP contribution in [0.15, 0.2) is 0 Å². The third kappa shape index (κ3) is 9.51. The molecule has 0 aliphatic carbocycles. The smallest absolute Gasteiger partial charge is 0.362 e. The molecule has 3 nitrogen and oxygen atoms in total. The molecule has 0 saturated heterocycles. The van der Waals surface area contributed by atoms with Crippen molar-refractivity contribution in [3.05, 3.63) is 0 Å². The number of halogens is 7. The molecule has 0 aromatic heterocycles. The highest BCUT2D eigenvalue weighted by atomic mass is 79.9. The summed E-state index contributed by atoms with van der Waals surface area (Å²) in [4.78, 5) is 11.6. The van der Waals surface area contributed by atoms with Crippen LogP contribution in [0.3, 0.4) is 0 Å². The van der Waals surface area contributed by atoms with Gasteiger partial charge in [0.15, 0.2) is 0 Å². The molecule has 0 heterocycles. The zero-order valence-corrected chi connectivity index (χ0v) is 10.5. The Morgan fingerprint density at radius 2 is 1.67 bits per heavy atom. The van der Waals surface area contributed by atoms with Crippen molar-refractivity contribution >= 4 is 21.8 Å². The number of hydrogen-bond acceptors (Lipinski definition) is 2. The van der Waals surface area contributed by atoms with Crippen LogP contribution in [0.1, 0.15) is 0 Å². The third-order valence-electron chi connectivity index (χ3n) is 1.57. The highest BCUT2D eigenvalue weighted by molar-refractivity contribution is 9.09. The summed E-state index contributed by atoms with van der Waals surface area (Å²) in [6.45, 7) is -4.50. The van der Waals surface area contributed by atoms with Crippen LogP contribution >= 0.6 is 15.9 Å². The highest BCUT2D eigenvalue weighted by Crippen LogP contribution is 2.17. The average Bonchev–Trinajstić information content (AvgIpc) is 2.12. The topological polar surface area (TPSA) is 29.5 Å². The van der Waals surface area contributed by atoms with Crippen molar-refractivity contribution in [3.8, 4) is 0 Å². The van der Waals surface area contributed by atoms with Gasteiger partial charge in [0.05, 0.1) is 0 Å². The molecule has 0 radical (unpaired) electrons. The molecule has 0 fully saturated rings. The fourth-order valence-electron chi connectivity index (χ4n) is 0.956. The predicted molar refractivity (Wildman–Crippen MR) is 53.3 cm³/mol. The van der Waals surface area contributed by atoms with Crippen LogP contribution in [0.5, 0.6) is 0 Å². The summed E-state index contributed by atoms with van der Waals surface area (Å²) in [5.41, 5.74) is 0. The minimum absolute atomic E-state index is 0.0775. The van der Waals surface area contributed by atoms with Gasteiger partial charge in [0.1, 0.15) is 19.8 Å². The van der Waals surface area contributed by atoms with E-state index >= 15 is 0 Å². The molecule has 0 aromatic carbocycles. The van der Waals surface area contributed by atoms with E-state index < -0.39 is 38.0 Å². The summed E-state index contributed by atoms with van der Waals surface area (Å²) in [5.74, 6) is -1.14. The Balaban J connectivity index is 4.23. The van der Waals surface area contributed by atoms with E-state index in [1.54, 1.807) is 0 Å². The van der Waals surface area contributed by atoms with Crippen LogP contribution in [0.4, 0.5) is 26.3 Å². The Morgan fingerprint density at radius 3 is 2.06 bits per heavy atom. The number of amides is 1. The molecule has 0 aliphatic rings. The van der Waals surface area contributed by atoms with Gasteiger partial charge in [0.25, 0.3) is 0 Å². The maximum absolute atomic E-state index is 12.1. The summed E-state index contributed by atoms with van der Waals surface area (Å²) in [6, 6.07) is 0. The Labute approximate surface area is 107 Å². The largest absolute Gasteiger partial charge is 0.411 e. The zero-order valence-electron chi connectivity index (χ0n) is 8.94. The van der Waals surface area contributed by atoms with Crippen LogP contribution in [0.2, 0.25) is 0 Å². The van der Waals surface area contributed by atoms with Crippen LogP contribution in [-0.4, -0.2) is 54.8 Å². The zero-order chi connectivity index (χ0) is 14.4. The molecule has 10 heteroatoms. The lowest BCUT2D eigenvalue weighted by atomic mass is 10.4. The molecule has 0 N–H and O–H groups in total. The van der Waals surface area contributed by atoms with E-state index in [4.69, 9.17) is 0 Å². The maximum Gasteiger partial charge on any atom is 0.411 e. The summed E-state index contributed by atoms with van der Waals surface area (Å²) >= 11 is 2.84. The standard InChI is InChI=1S/C8H10BrF6NO2/c9-1-2-16(4-7(10,11)12)6(17)3-18-5-8(13,14)15/h1-5H2. The van der Waals surface area contributed by atoms with E-state index in [2.05, 4.69) is 20.7 Å². The molecule has 0 saturated carbocycles. The molecule has 0 aromatic rings. The van der Waals surface area contributed by atoms with E-state index in [1.807, 2.05) is 0 Å². The number of carbonyl (C=O) groups excluding carboxylic acids is 1. The molecule has 108 valence electrons. The lowest BCUT2D eigenvalue weighted by Crippen LogP contribution is -2.42. The lowest BCUT2D eigenvalue weighted by Gasteiger charge is -2.23. The predicted octanol–water partition coefficient (Wildman–Crippen LogP) is 2.35. The van der Waals surface area contributed by atoms with Gasteiger partial charge in [-0.05, 0) is 0 Å². The van der Waals surface area contributed by atoms with Crippen molar-refractivity contribution in [3.63, 3.8) is 0 Å². The van der Waals surface area contributed by atoms with Gasteiger partial charge in [-0.3, -0.25) is 4.79 Å². The molecular weight excluding hydrogens is 336 g/mol. The molecular formula is C8H10BrF6NO2. The van der Waals surface area contributed by atoms with Gasteiger partial charge in [-0.2, -0.15) is 26.3 Å². The molecule has 1 amide bonds. The summed E-state index contributed by atoms with van der Waals surface area (Å²) in [5, 5.41) is 0.0775. The van der Waals surface area contributed by atoms with E-state index in [9.17, 15) is 31.1 Å². The number of carbonyl (C=O) groups is 1. The van der Waals surface area contributed by atoms with Gasteiger partial charge in [-0.1, -0.05) is 15.9 Å². The first-order chi connectivity index (χ1) is 8.05. The first-order valence-corrected chi connectivity index (χ1v) is 5.72. The SMILES string of the molecule is O=C(COCC(F)(F)F)N(CCBr)CC(F)(F)F. The van der Waals surface area contributed by atoms with E-state index in [-0.39, 0.29) is 11.9 Å². The second-order valence-electron chi connectivity index (χ2n) is 3.23. The summed E-state index contributed by atoms with van der Waals surface area (Å²) < 4.78 is 75.3. The molecule has 0 atom stereocenters. The molecule has 0 bridgehead atoms. The van der Waals surface area contributed by atoms with Gasteiger partial charge in [0, 0.05) is 11.9 Å². The number of alkyl halides is 7. The van der Waals surface area contributed by atoms with E-state index in [1.165, 1.54) is 0 Å². The van der Waals surface area contributed by atoms with E-state index in [0.717, 1.165) is 0 Å². The number of ether oxygens (including phenoxy) is 1.